The molecule has 5 nitrogen and oxygen atoms in total. The summed E-state index contributed by atoms with van der Waals surface area (Å²) in [6.07, 6.45) is -0.708. The lowest BCUT2D eigenvalue weighted by Gasteiger charge is -2.07. The largest absolute Gasteiger partial charge is 0.398 e. The van der Waals surface area contributed by atoms with Crippen LogP contribution in [0.1, 0.15) is 18.6 Å². The first-order chi connectivity index (χ1) is 6.02. The van der Waals surface area contributed by atoms with E-state index in [9.17, 15) is 15.2 Å². The topological polar surface area (TPSA) is 89.4 Å². The van der Waals surface area contributed by atoms with Gasteiger partial charge in [0.1, 0.15) is 0 Å². The first kappa shape index (κ1) is 9.47. The maximum absolute atomic E-state index is 10.3. The molecule has 13 heavy (non-hydrogen) atoms. The predicted molar refractivity (Wildman–Crippen MR) is 48.1 cm³/mol. The van der Waals surface area contributed by atoms with Gasteiger partial charge < -0.3 is 10.8 Å². The summed E-state index contributed by atoms with van der Waals surface area (Å²) in [6, 6.07) is 4.01. The third-order valence-corrected chi connectivity index (χ3v) is 1.73. The van der Waals surface area contributed by atoms with Gasteiger partial charge in [-0.1, -0.05) is 0 Å². The number of hydrogen-bond donors (Lipinski definition) is 2. The highest BCUT2D eigenvalue weighted by Crippen LogP contribution is 2.24. The Morgan fingerprint density at radius 1 is 1.62 bits per heavy atom. The van der Waals surface area contributed by atoms with Gasteiger partial charge in [-0.3, -0.25) is 10.1 Å². The van der Waals surface area contributed by atoms with Gasteiger partial charge in [0.25, 0.3) is 5.69 Å². The van der Waals surface area contributed by atoms with Crippen LogP contribution in [0.5, 0.6) is 0 Å². The number of nitrogen functional groups attached to an aromatic ring is 1. The lowest BCUT2D eigenvalue weighted by Crippen LogP contribution is -1.99. The van der Waals surface area contributed by atoms with Crippen LogP contribution in [-0.2, 0) is 0 Å². The number of benzene rings is 1. The number of rotatable bonds is 2. The Balaban J connectivity index is 3.13. The molecule has 0 bridgehead atoms. The molecule has 1 rings (SSSR count). The fraction of sp³-hybridized carbons (Fsp3) is 0.250. The van der Waals surface area contributed by atoms with Crippen LogP contribution in [0.25, 0.3) is 0 Å². The van der Waals surface area contributed by atoms with E-state index in [1.807, 2.05) is 0 Å². The Morgan fingerprint density at radius 2 is 2.23 bits per heavy atom. The van der Waals surface area contributed by atoms with Crippen LogP contribution >= 0.6 is 0 Å². The highest BCUT2D eigenvalue weighted by Gasteiger charge is 2.10. The molecule has 0 spiro atoms. The Hall–Kier alpha value is -1.62. The third-order valence-electron chi connectivity index (χ3n) is 1.73. The molecule has 1 aromatic carbocycles. The van der Waals surface area contributed by atoms with Crippen molar-refractivity contribution in [3.8, 4) is 0 Å². The van der Waals surface area contributed by atoms with Crippen molar-refractivity contribution in [2.45, 2.75) is 13.0 Å². The number of nitrogens with two attached hydrogens (primary N) is 1. The van der Waals surface area contributed by atoms with Gasteiger partial charge in [0.2, 0.25) is 0 Å². The normalized spacial score (nSPS) is 12.5. The SMILES string of the molecule is CC(O)c1ccc([N+](=O)[O-])cc1N. The van der Waals surface area contributed by atoms with Crippen LogP contribution in [0.3, 0.4) is 0 Å². The summed E-state index contributed by atoms with van der Waals surface area (Å²) >= 11 is 0. The molecule has 0 saturated heterocycles. The van der Waals surface area contributed by atoms with E-state index in [4.69, 9.17) is 5.73 Å². The second kappa shape index (κ2) is 3.40. The van der Waals surface area contributed by atoms with E-state index in [-0.39, 0.29) is 11.4 Å². The summed E-state index contributed by atoms with van der Waals surface area (Å²) in [5, 5.41) is 19.5. The van der Waals surface area contributed by atoms with Crippen LogP contribution in [-0.4, -0.2) is 10.0 Å². The van der Waals surface area contributed by atoms with E-state index in [0.29, 0.717) is 5.56 Å². The number of anilines is 1. The van der Waals surface area contributed by atoms with Gasteiger partial charge >= 0.3 is 0 Å². The molecule has 0 aromatic heterocycles. The fourth-order valence-electron chi connectivity index (χ4n) is 1.06. The quantitative estimate of drug-likeness (QED) is 0.409. The van der Waals surface area contributed by atoms with Crippen LogP contribution in [0.15, 0.2) is 18.2 Å². The van der Waals surface area contributed by atoms with Crippen molar-refractivity contribution in [2.75, 3.05) is 5.73 Å². The maximum atomic E-state index is 10.3. The molecule has 0 aliphatic heterocycles. The van der Waals surface area contributed by atoms with Gasteiger partial charge in [-0.05, 0) is 13.0 Å². The first-order valence-electron chi connectivity index (χ1n) is 3.74. The minimum atomic E-state index is -0.708. The molecule has 0 aliphatic carbocycles. The number of aliphatic hydroxyl groups is 1. The molecule has 3 N–H and O–H groups in total. The van der Waals surface area contributed by atoms with Crippen LogP contribution in [0, 0.1) is 10.1 Å². The van der Waals surface area contributed by atoms with Gasteiger partial charge in [0.05, 0.1) is 11.0 Å². The highest BCUT2D eigenvalue weighted by atomic mass is 16.6. The van der Waals surface area contributed by atoms with Crippen molar-refractivity contribution >= 4 is 11.4 Å². The van der Waals surface area contributed by atoms with Gasteiger partial charge in [-0.2, -0.15) is 0 Å². The molecular weight excluding hydrogens is 172 g/mol. The van der Waals surface area contributed by atoms with Gasteiger partial charge in [0.15, 0.2) is 0 Å². The third kappa shape index (κ3) is 1.94. The molecule has 0 aliphatic rings. The second-order valence-electron chi connectivity index (χ2n) is 2.75. The molecule has 0 fully saturated rings. The molecule has 5 heteroatoms. The summed E-state index contributed by atoms with van der Waals surface area (Å²) in [5.41, 5.74) is 6.17. The van der Waals surface area contributed by atoms with Gasteiger partial charge in [-0.25, -0.2) is 0 Å². The Kier molecular flexibility index (Phi) is 2.48. The Bertz CT molecular complexity index is 336. The Labute approximate surface area is 74.9 Å². The second-order valence-corrected chi connectivity index (χ2v) is 2.75. The smallest absolute Gasteiger partial charge is 0.271 e. The van der Waals surface area contributed by atoms with E-state index in [2.05, 4.69) is 0 Å². The van der Waals surface area contributed by atoms with Crippen molar-refractivity contribution in [2.24, 2.45) is 0 Å². The average molecular weight is 182 g/mol. The zero-order valence-corrected chi connectivity index (χ0v) is 7.10. The summed E-state index contributed by atoms with van der Waals surface area (Å²) in [6.45, 7) is 1.55. The maximum Gasteiger partial charge on any atom is 0.271 e. The molecule has 0 heterocycles. The molecule has 70 valence electrons. The van der Waals surface area contributed by atoms with Crippen molar-refractivity contribution in [3.05, 3.63) is 33.9 Å². The number of nitro benzene ring substituents is 1. The fourth-order valence-corrected chi connectivity index (χ4v) is 1.06. The number of nitro groups is 1. The molecule has 1 atom stereocenters. The Morgan fingerprint density at radius 3 is 2.62 bits per heavy atom. The van der Waals surface area contributed by atoms with Crippen molar-refractivity contribution in [1.29, 1.82) is 0 Å². The van der Waals surface area contributed by atoms with Crippen molar-refractivity contribution in [3.63, 3.8) is 0 Å². The monoisotopic (exact) mass is 182 g/mol. The highest BCUT2D eigenvalue weighted by molar-refractivity contribution is 5.54. The molecule has 1 aromatic rings. The molecule has 0 saturated carbocycles. The molecule has 0 radical (unpaired) electrons. The minimum Gasteiger partial charge on any atom is -0.398 e. The molecule has 1 unspecified atom stereocenters. The van der Waals surface area contributed by atoms with E-state index >= 15 is 0 Å². The van der Waals surface area contributed by atoms with E-state index in [0.717, 1.165) is 0 Å². The first-order valence-corrected chi connectivity index (χ1v) is 3.74. The zero-order chi connectivity index (χ0) is 10.0. The number of aliphatic hydroxyl groups excluding tert-OH is 1. The van der Waals surface area contributed by atoms with Crippen molar-refractivity contribution in [1.82, 2.24) is 0 Å². The summed E-state index contributed by atoms with van der Waals surface area (Å²) in [4.78, 5) is 9.80. The lowest BCUT2D eigenvalue weighted by molar-refractivity contribution is -0.384. The van der Waals surface area contributed by atoms with Crippen LogP contribution in [0.2, 0.25) is 0 Å². The van der Waals surface area contributed by atoms with Crippen molar-refractivity contribution < 1.29 is 10.0 Å². The molecule has 0 amide bonds. The number of non-ortho nitro benzene ring substituents is 1. The summed E-state index contributed by atoms with van der Waals surface area (Å²) < 4.78 is 0. The number of nitrogens with zero attached hydrogens (tertiary/aromatic N) is 1. The van der Waals surface area contributed by atoms with Crippen LogP contribution in [0.4, 0.5) is 11.4 Å². The van der Waals surface area contributed by atoms with E-state index in [1.165, 1.54) is 18.2 Å². The van der Waals surface area contributed by atoms with Gasteiger partial charge in [0, 0.05) is 23.4 Å². The standard InChI is InChI=1S/C8H10N2O3/c1-5(11)7-3-2-6(10(12)13)4-8(7)9/h2-5,11H,9H2,1H3. The summed E-state index contributed by atoms with van der Waals surface area (Å²) in [5.74, 6) is 0. The average Bonchev–Trinajstić information content (AvgIpc) is 2.03. The van der Waals surface area contributed by atoms with E-state index in [1.54, 1.807) is 6.92 Å². The molecular formula is C8H10N2O3. The summed E-state index contributed by atoms with van der Waals surface area (Å²) in [7, 11) is 0. The lowest BCUT2D eigenvalue weighted by atomic mass is 10.1. The predicted octanol–water partition coefficient (Wildman–Crippen LogP) is 1.23. The number of hydrogen-bond acceptors (Lipinski definition) is 4. The zero-order valence-electron chi connectivity index (χ0n) is 7.10. The minimum absolute atomic E-state index is 0.0677. The van der Waals surface area contributed by atoms with E-state index < -0.39 is 11.0 Å². The van der Waals surface area contributed by atoms with Crippen LogP contribution < -0.4 is 5.73 Å². The van der Waals surface area contributed by atoms with Gasteiger partial charge in [-0.15, -0.1) is 0 Å².